The molecule has 0 unspecified atom stereocenters. The van der Waals surface area contributed by atoms with E-state index < -0.39 is 5.91 Å². The number of carbonyl (C=O) groups is 1. The summed E-state index contributed by atoms with van der Waals surface area (Å²) in [6.07, 6.45) is 0. The number of carbonyl (C=O) groups excluding carboxylic acids is 1. The number of ether oxygens (including phenoxy) is 1. The summed E-state index contributed by atoms with van der Waals surface area (Å²) in [7, 11) is 1.61. The smallest absolute Gasteiger partial charge is 0.267 e. The topological polar surface area (TPSA) is 103 Å². The van der Waals surface area contributed by atoms with Crippen LogP contribution in [0.3, 0.4) is 0 Å². The highest BCUT2D eigenvalue weighted by Gasteiger charge is 2.07. The highest BCUT2D eigenvalue weighted by Crippen LogP contribution is 2.18. The van der Waals surface area contributed by atoms with E-state index in [2.05, 4.69) is 10.3 Å². The molecule has 1 aromatic carbocycles. The number of benzene rings is 1. The molecule has 2 aromatic rings. The van der Waals surface area contributed by atoms with E-state index in [4.69, 9.17) is 16.2 Å². The van der Waals surface area contributed by atoms with Gasteiger partial charge in [-0.3, -0.25) is 4.79 Å². The van der Waals surface area contributed by atoms with Crippen molar-refractivity contribution in [2.24, 2.45) is 5.73 Å². The number of amides is 1. The molecular formula is C14H16N4O2. The lowest BCUT2D eigenvalue weighted by atomic mass is 10.2. The average molecular weight is 272 g/mol. The lowest BCUT2D eigenvalue weighted by Gasteiger charge is -2.10. The molecule has 5 N–H and O–H groups in total. The molecule has 0 radical (unpaired) electrons. The highest BCUT2D eigenvalue weighted by molar-refractivity contribution is 5.91. The maximum absolute atomic E-state index is 11.1. The van der Waals surface area contributed by atoms with E-state index in [1.54, 1.807) is 13.2 Å². The Balaban J connectivity index is 2.13. The molecule has 0 fully saturated rings. The molecule has 2 rings (SSSR count). The lowest BCUT2D eigenvalue weighted by Crippen LogP contribution is -2.15. The Kier molecular flexibility index (Phi) is 4.05. The number of nitrogens with zero attached hydrogens (tertiary/aromatic N) is 1. The van der Waals surface area contributed by atoms with Crippen LogP contribution in [0.15, 0.2) is 36.4 Å². The Bertz CT molecular complexity index is 628. The van der Waals surface area contributed by atoms with E-state index in [-0.39, 0.29) is 5.69 Å². The van der Waals surface area contributed by atoms with Gasteiger partial charge in [-0.1, -0.05) is 12.1 Å². The van der Waals surface area contributed by atoms with Crippen LogP contribution in [-0.4, -0.2) is 18.0 Å². The van der Waals surface area contributed by atoms with Crippen molar-refractivity contribution in [1.82, 2.24) is 4.98 Å². The van der Waals surface area contributed by atoms with E-state index in [0.29, 0.717) is 18.1 Å². The third-order valence-corrected chi connectivity index (χ3v) is 2.77. The Morgan fingerprint density at radius 3 is 2.85 bits per heavy atom. The number of nitrogens with one attached hydrogen (secondary N) is 1. The first-order valence-corrected chi connectivity index (χ1v) is 6.03. The minimum atomic E-state index is -0.588. The Morgan fingerprint density at radius 1 is 1.35 bits per heavy atom. The minimum absolute atomic E-state index is 0.173. The summed E-state index contributed by atoms with van der Waals surface area (Å²) in [5, 5.41) is 3.08. The zero-order valence-corrected chi connectivity index (χ0v) is 11.1. The van der Waals surface area contributed by atoms with Crippen LogP contribution < -0.4 is 21.5 Å². The molecule has 20 heavy (non-hydrogen) atoms. The fourth-order valence-corrected chi connectivity index (χ4v) is 1.72. The summed E-state index contributed by atoms with van der Waals surface area (Å²) < 4.78 is 5.15. The van der Waals surface area contributed by atoms with Crippen LogP contribution in [0.1, 0.15) is 16.1 Å². The first-order chi connectivity index (χ1) is 9.60. The van der Waals surface area contributed by atoms with Crippen LogP contribution in [0.2, 0.25) is 0 Å². The zero-order chi connectivity index (χ0) is 14.5. The van der Waals surface area contributed by atoms with Gasteiger partial charge in [0.05, 0.1) is 12.8 Å². The van der Waals surface area contributed by atoms with E-state index in [1.807, 2.05) is 24.3 Å². The molecule has 0 spiro atoms. The molecule has 0 aliphatic carbocycles. The first-order valence-electron chi connectivity index (χ1n) is 6.03. The summed E-state index contributed by atoms with van der Waals surface area (Å²) >= 11 is 0. The van der Waals surface area contributed by atoms with Gasteiger partial charge in [-0.05, 0) is 29.8 Å². The highest BCUT2D eigenvalue weighted by atomic mass is 16.5. The van der Waals surface area contributed by atoms with Gasteiger partial charge in [0, 0.05) is 6.54 Å². The quantitative estimate of drug-likeness (QED) is 0.763. The normalized spacial score (nSPS) is 10.1. The van der Waals surface area contributed by atoms with Gasteiger partial charge in [0.1, 0.15) is 17.3 Å². The largest absolute Gasteiger partial charge is 0.497 e. The molecule has 104 valence electrons. The number of nitrogen functional groups attached to an aromatic ring is 1. The van der Waals surface area contributed by atoms with Crippen LogP contribution in [0, 0.1) is 0 Å². The van der Waals surface area contributed by atoms with Crippen molar-refractivity contribution in [2.75, 3.05) is 18.2 Å². The maximum atomic E-state index is 11.1. The molecule has 0 aliphatic rings. The van der Waals surface area contributed by atoms with Crippen molar-refractivity contribution in [3.8, 4) is 5.75 Å². The van der Waals surface area contributed by atoms with Crippen molar-refractivity contribution < 1.29 is 9.53 Å². The number of nitrogens with two attached hydrogens (primary N) is 2. The monoisotopic (exact) mass is 272 g/mol. The van der Waals surface area contributed by atoms with Crippen molar-refractivity contribution in [1.29, 1.82) is 0 Å². The van der Waals surface area contributed by atoms with E-state index in [9.17, 15) is 4.79 Å². The molecule has 0 saturated carbocycles. The summed E-state index contributed by atoms with van der Waals surface area (Å²) in [5.74, 6) is 0.620. The Labute approximate surface area is 116 Å². The van der Waals surface area contributed by atoms with Crippen molar-refractivity contribution in [3.63, 3.8) is 0 Å². The summed E-state index contributed by atoms with van der Waals surface area (Å²) in [4.78, 5) is 15.2. The fraction of sp³-hybridized carbons (Fsp3) is 0.143. The second-order valence-corrected chi connectivity index (χ2v) is 4.20. The van der Waals surface area contributed by atoms with Crippen LogP contribution in [0.5, 0.6) is 5.75 Å². The SMILES string of the molecule is COc1cccc(CNc2nc(C(N)=O)ccc2N)c1. The van der Waals surface area contributed by atoms with Crippen LogP contribution in [-0.2, 0) is 6.54 Å². The fourth-order valence-electron chi connectivity index (χ4n) is 1.72. The first kappa shape index (κ1) is 13.7. The van der Waals surface area contributed by atoms with E-state index in [1.165, 1.54) is 6.07 Å². The molecule has 1 heterocycles. The molecule has 1 aromatic heterocycles. The minimum Gasteiger partial charge on any atom is -0.497 e. The standard InChI is InChI=1S/C14H16N4O2/c1-20-10-4-2-3-9(7-10)8-17-14-11(15)5-6-12(18-14)13(16)19/h2-7H,8,15H2,1H3,(H2,16,19)(H,17,18). The number of pyridine rings is 1. The number of aromatic nitrogens is 1. The molecule has 0 saturated heterocycles. The second-order valence-electron chi connectivity index (χ2n) is 4.20. The zero-order valence-electron chi connectivity index (χ0n) is 11.1. The summed E-state index contributed by atoms with van der Waals surface area (Å²) in [6.45, 7) is 0.511. The van der Waals surface area contributed by atoms with Crippen LogP contribution in [0.4, 0.5) is 11.5 Å². The summed E-state index contributed by atoms with van der Waals surface area (Å²) in [5.41, 5.74) is 12.6. The van der Waals surface area contributed by atoms with Crippen molar-refractivity contribution >= 4 is 17.4 Å². The van der Waals surface area contributed by atoms with E-state index in [0.717, 1.165) is 11.3 Å². The van der Waals surface area contributed by atoms with Crippen LogP contribution in [0.25, 0.3) is 0 Å². The predicted molar refractivity (Wildman–Crippen MR) is 77.5 cm³/mol. The molecule has 0 bridgehead atoms. The predicted octanol–water partition coefficient (Wildman–Crippen LogP) is 1.38. The Hall–Kier alpha value is -2.76. The molecule has 0 aliphatic heterocycles. The van der Waals surface area contributed by atoms with Crippen molar-refractivity contribution in [3.05, 3.63) is 47.7 Å². The van der Waals surface area contributed by atoms with Gasteiger partial charge in [0.2, 0.25) is 0 Å². The lowest BCUT2D eigenvalue weighted by molar-refractivity contribution is 0.0996. The van der Waals surface area contributed by atoms with E-state index >= 15 is 0 Å². The second kappa shape index (κ2) is 5.92. The Morgan fingerprint density at radius 2 is 2.15 bits per heavy atom. The number of hydrogen-bond acceptors (Lipinski definition) is 5. The van der Waals surface area contributed by atoms with Crippen molar-refractivity contribution in [2.45, 2.75) is 6.54 Å². The maximum Gasteiger partial charge on any atom is 0.267 e. The molecule has 6 heteroatoms. The number of anilines is 2. The average Bonchev–Trinajstić information content (AvgIpc) is 2.46. The molecule has 6 nitrogen and oxygen atoms in total. The van der Waals surface area contributed by atoms with Gasteiger partial charge in [0.25, 0.3) is 5.91 Å². The van der Waals surface area contributed by atoms with Gasteiger partial charge in [-0.2, -0.15) is 0 Å². The van der Waals surface area contributed by atoms with Gasteiger partial charge in [-0.15, -0.1) is 0 Å². The van der Waals surface area contributed by atoms with Gasteiger partial charge in [-0.25, -0.2) is 4.98 Å². The van der Waals surface area contributed by atoms with Gasteiger partial charge >= 0.3 is 0 Å². The van der Waals surface area contributed by atoms with Gasteiger partial charge < -0.3 is 21.5 Å². The third kappa shape index (κ3) is 3.17. The molecule has 1 amide bonds. The van der Waals surface area contributed by atoms with Gasteiger partial charge in [0.15, 0.2) is 0 Å². The number of primary amides is 1. The number of rotatable bonds is 5. The third-order valence-electron chi connectivity index (χ3n) is 2.77. The molecular weight excluding hydrogens is 256 g/mol. The van der Waals surface area contributed by atoms with Crippen LogP contribution >= 0.6 is 0 Å². The number of methoxy groups -OCH3 is 1. The summed E-state index contributed by atoms with van der Waals surface area (Å²) in [6, 6.07) is 10.7. The number of hydrogen-bond donors (Lipinski definition) is 3. The molecule has 0 atom stereocenters.